The van der Waals surface area contributed by atoms with Crippen LogP contribution in [-0.4, -0.2) is 22.1 Å². The zero-order chi connectivity index (χ0) is 18.1. The lowest BCUT2D eigenvalue weighted by molar-refractivity contribution is -0.114. The summed E-state index contributed by atoms with van der Waals surface area (Å²) in [5.74, 6) is 0.134. The second-order valence-corrected chi connectivity index (χ2v) is 9.25. The van der Waals surface area contributed by atoms with E-state index in [1.54, 1.807) is 6.20 Å². The van der Waals surface area contributed by atoms with Crippen LogP contribution in [-0.2, 0) is 4.79 Å². The van der Waals surface area contributed by atoms with Crippen molar-refractivity contribution in [3.63, 3.8) is 0 Å². The Kier molecular flexibility index (Phi) is 5.44. The van der Waals surface area contributed by atoms with Crippen molar-refractivity contribution in [2.45, 2.75) is 79.7 Å². The Balaban J connectivity index is 2.38. The molecule has 0 amide bonds. The molecule has 24 heavy (non-hydrogen) atoms. The third-order valence-electron chi connectivity index (χ3n) is 4.96. The van der Waals surface area contributed by atoms with Crippen molar-refractivity contribution in [3.8, 4) is 0 Å². The SMILES string of the molecule is CC(C)(C)C1=CC(=CN(O)C2CCCCC2)C=C(C(C)(C)C)C1=O. The highest BCUT2D eigenvalue weighted by atomic mass is 16.5. The van der Waals surface area contributed by atoms with Gasteiger partial charge >= 0.3 is 0 Å². The highest BCUT2D eigenvalue weighted by molar-refractivity contribution is 6.11. The summed E-state index contributed by atoms with van der Waals surface area (Å²) in [7, 11) is 0. The molecule has 2 rings (SSSR count). The fourth-order valence-corrected chi connectivity index (χ4v) is 3.44. The number of hydroxylamine groups is 2. The lowest BCUT2D eigenvalue weighted by Crippen LogP contribution is -2.31. The van der Waals surface area contributed by atoms with Gasteiger partial charge in [-0.25, -0.2) is 0 Å². The molecule has 0 unspecified atom stereocenters. The van der Waals surface area contributed by atoms with Gasteiger partial charge in [0.2, 0.25) is 0 Å². The number of carbonyl (C=O) groups excluding carboxylic acids is 1. The van der Waals surface area contributed by atoms with Gasteiger partial charge in [0, 0.05) is 17.3 Å². The number of rotatable bonds is 2. The minimum absolute atomic E-state index is 0.134. The first kappa shape index (κ1) is 19.0. The summed E-state index contributed by atoms with van der Waals surface area (Å²) >= 11 is 0. The molecule has 3 heteroatoms. The highest BCUT2D eigenvalue weighted by Crippen LogP contribution is 2.39. The van der Waals surface area contributed by atoms with Crippen molar-refractivity contribution >= 4 is 5.78 Å². The van der Waals surface area contributed by atoms with Crippen molar-refractivity contribution in [1.29, 1.82) is 0 Å². The molecule has 1 fully saturated rings. The van der Waals surface area contributed by atoms with E-state index in [1.807, 2.05) is 12.2 Å². The highest BCUT2D eigenvalue weighted by Gasteiger charge is 2.34. The molecule has 0 aliphatic heterocycles. The smallest absolute Gasteiger partial charge is 0.186 e. The van der Waals surface area contributed by atoms with Crippen molar-refractivity contribution in [2.24, 2.45) is 10.8 Å². The largest absolute Gasteiger partial charge is 0.289 e. The second kappa shape index (κ2) is 6.87. The van der Waals surface area contributed by atoms with E-state index in [-0.39, 0.29) is 22.7 Å². The average molecular weight is 332 g/mol. The Morgan fingerprint density at radius 3 is 1.83 bits per heavy atom. The summed E-state index contributed by atoms with van der Waals surface area (Å²) in [6.45, 7) is 12.4. The van der Waals surface area contributed by atoms with E-state index in [9.17, 15) is 10.0 Å². The number of ketones is 1. The monoisotopic (exact) mass is 331 g/mol. The normalized spacial score (nSPS) is 20.6. The lowest BCUT2D eigenvalue weighted by atomic mass is 9.72. The summed E-state index contributed by atoms with van der Waals surface area (Å²) in [5, 5.41) is 11.9. The van der Waals surface area contributed by atoms with Gasteiger partial charge in [0.15, 0.2) is 5.78 Å². The first-order valence-electron chi connectivity index (χ1n) is 9.18. The third kappa shape index (κ3) is 4.38. The Morgan fingerprint density at radius 1 is 0.958 bits per heavy atom. The number of carbonyl (C=O) groups is 1. The summed E-state index contributed by atoms with van der Waals surface area (Å²) in [4.78, 5) is 12.9. The van der Waals surface area contributed by atoms with E-state index >= 15 is 0 Å². The van der Waals surface area contributed by atoms with Crippen LogP contribution < -0.4 is 0 Å². The quantitative estimate of drug-likeness (QED) is 0.687. The van der Waals surface area contributed by atoms with E-state index in [2.05, 4.69) is 41.5 Å². The molecule has 2 aliphatic rings. The molecule has 0 aromatic carbocycles. The van der Waals surface area contributed by atoms with Crippen LogP contribution in [0.4, 0.5) is 0 Å². The molecule has 2 aliphatic carbocycles. The number of allylic oxidation sites excluding steroid dienone is 5. The maximum atomic E-state index is 12.9. The lowest BCUT2D eigenvalue weighted by Gasteiger charge is -2.32. The Labute approximate surface area is 147 Å². The summed E-state index contributed by atoms with van der Waals surface area (Å²) < 4.78 is 0. The molecule has 1 N–H and O–H groups in total. The van der Waals surface area contributed by atoms with Gasteiger partial charge in [-0.2, -0.15) is 0 Å². The average Bonchev–Trinajstić information content (AvgIpc) is 2.47. The van der Waals surface area contributed by atoms with E-state index in [0.29, 0.717) is 0 Å². The van der Waals surface area contributed by atoms with Gasteiger partial charge in [-0.15, -0.1) is 0 Å². The minimum atomic E-state index is -0.216. The number of hydrogen-bond donors (Lipinski definition) is 1. The predicted molar refractivity (Wildman–Crippen MR) is 98.7 cm³/mol. The van der Waals surface area contributed by atoms with Crippen molar-refractivity contribution in [2.75, 3.05) is 0 Å². The first-order chi connectivity index (χ1) is 11.0. The molecule has 0 bridgehead atoms. The van der Waals surface area contributed by atoms with Crippen LogP contribution in [0.25, 0.3) is 0 Å². The zero-order valence-electron chi connectivity index (χ0n) is 16.1. The maximum absolute atomic E-state index is 12.9. The van der Waals surface area contributed by atoms with Gasteiger partial charge in [0.05, 0.1) is 6.04 Å². The Hall–Kier alpha value is -1.35. The third-order valence-corrected chi connectivity index (χ3v) is 4.96. The van der Waals surface area contributed by atoms with Crippen LogP contribution in [0.1, 0.15) is 73.6 Å². The zero-order valence-corrected chi connectivity index (χ0v) is 16.1. The fourth-order valence-electron chi connectivity index (χ4n) is 3.44. The van der Waals surface area contributed by atoms with Crippen LogP contribution in [0.5, 0.6) is 0 Å². The van der Waals surface area contributed by atoms with Crippen molar-refractivity contribution in [1.82, 2.24) is 5.06 Å². The van der Waals surface area contributed by atoms with Crippen LogP contribution in [0.3, 0.4) is 0 Å². The van der Waals surface area contributed by atoms with E-state index < -0.39 is 0 Å². The molecule has 0 aromatic rings. The van der Waals surface area contributed by atoms with E-state index in [1.165, 1.54) is 24.3 Å². The standard InChI is InChI=1S/C21H33NO2/c1-20(2,3)17-12-15(13-18(19(17)23)21(4,5)6)14-22(24)16-10-8-7-9-11-16/h12-14,16,24H,7-11H2,1-6H3. The molecule has 0 aromatic heterocycles. The summed E-state index contributed by atoms with van der Waals surface area (Å²) in [5.41, 5.74) is 2.12. The van der Waals surface area contributed by atoms with Crippen molar-refractivity contribution in [3.05, 3.63) is 35.1 Å². The molecule has 3 nitrogen and oxygen atoms in total. The molecule has 0 spiro atoms. The van der Waals surface area contributed by atoms with E-state index in [4.69, 9.17) is 0 Å². The molecular formula is C21H33NO2. The number of nitrogens with zero attached hydrogens (tertiary/aromatic N) is 1. The molecule has 0 radical (unpaired) electrons. The number of hydrogen-bond acceptors (Lipinski definition) is 3. The van der Waals surface area contributed by atoms with Gasteiger partial charge < -0.3 is 0 Å². The molecule has 0 saturated heterocycles. The number of Topliss-reactive ketones (excluding diaryl/α,β-unsaturated/α-hetero) is 1. The van der Waals surface area contributed by atoms with Gasteiger partial charge in [0.1, 0.15) is 0 Å². The molecule has 134 valence electrons. The molecule has 1 saturated carbocycles. The minimum Gasteiger partial charge on any atom is -0.289 e. The first-order valence-corrected chi connectivity index (χ1v) is 9.18. The van der Waals surface area contributed by atoms with E-state index in [0.717, 1.165) is 29.6 Å². The molecule has 0 heterocycles. The molecular weight excluding hydrogens is 298 g/mol. The van der Waals surface area contributed by atoms with Crippen LogP contribution in [0, 0.1) is 10.8 Å². The van der Waals surface area contributed by atoms with Crippen LogP contribution >= 0.6 is 0 Å². The van der Waals surface area contributed by atoms with Crippen LogP contribution in [0.15, 0.2) is 35.1 Å². The van der Waals surface area contributed by atoms with Gasteiger partial charge in [-0.05, 0) is 41.4 Å². The maximum Gasteiger partial charge on any atom is 0.186 e. The Bertz CT molecular complexity index is 540. The van der Waals surface area contributed by atoms with Gasteiger partial charge in [-0.3, -0.25) is 15.1 Å². The summed E-state index contributed by atoms with van der Waals surface area (Å²) in [6.07, 6.45) is 11.4. The van der Waals surface area contributed by atoms with Crippen LogP contribution in [0.2, 0.25) is 0 Å². The molecule has 0 atom stereocenters. The van der Waals surface area contributed by atoms with Gasteiger partial charge in [-0.1, -0.05) is 60.8 Å². The Morgan fingerprint density at radius 2 is 1.42 bits per heavy atom. The van der Waals surface area contributed by atoms with Gasteiger partial charge in [0.25, 0.3) is 0 Å². The fraction of sp³-hybridized carbons (Fsp3) is 0.667. The predicted octanol–water partition coefficient (Wildman–Crippen LogP) is 5.42. The topological polar surface area (TPSA) is 40.5 Å². The second-order valence-electron chi connectivity index (χ2n) is 9.25. The summed E-state index contributed by atoms with van der Waals surface area (Å²) in [6, 6.07) is 0.196. The van der Waals surface area contributed by atoms with Crippen molar-refractivity contribution < 1.29 is 10.0 Å².